The molecule has 10 radical (unpaired) electrons. The van der Waals surface area contributed by atoms with Crippen molar-refractivity contribution in [3.8, 4) is 0 Å². The van der Waals surface area contributed by atoms with E-state index in [9.17, 15) is 14.4 Å². The summed E-state index contributed by atoms with van der Waals surface area (Å²) in [6.45, 7) is 3.57. The largest absolute Gasteiger partial charge is 2.00 e. The molecule has 2 saturated carbocycles. The van der Waals surface area contributed by atoms with E-state index in [2.05, 4.69) is 0 Å². The molecule has 2 aliphatic rings. The molecule has 3 rings (SSSR count). The molecule has 0 amide bonds. The normalized spacial score (nSPS) is 16.4. The summed E-state index contributed by atoms with van der Waals surface area (Å²) in [6.07, 6.45) is 16.9. The molecular weight excluding hydrogens is 484 g/mol. The van der Waals surface area contributed by atoms with Crippen LogP contribution in [-0.2, 0) is 40.9 Å². The number of ketones is 1. The van der Waals surface area contributed by atoms with Crippen molar-refractivity contribution in [3.05, 3.63) is 98.6 Å². The Balaban J connectivity index is 0.000000799. The minimum atomic E-state index is -1.23. The molecule has 5 nitrogen and oxygen atoms in total. The predicted octanol–water partition coefficient (Wildman–Crippen LogP) is 4.55. The number of ether oxygens (including phenoxy) is 2. The zero-order valence-electron chi connectivity index (χ0n) is 18.6. The second kappa shape index (κ2) is 16.3. The molecule has 7 heteroatoms. The van der Waals surface area contributed by atoms with Gasteiger partial charge in [-0.15, -0.1) is 0 Å². The first kappa shape index (κ1) is 29.7. The number of Topliss-reactive ketones (excluding diaryl/α,β-unsaturated/α-hetero) is 1. The molecule has 2 fully saturated rings. The van der Waals surface area contributed by atoms with Gasteiger partial charge in [0.25, 0.3) is 0 Å². The maximum absolute atomic E-state index is 12.7. The van der Waals surface area contributed by atoms with Gasteiger partial charge in [0.2, 0.25) is 0 Å². The number of esters is 2. The predicted molar refractivity (Wildman–Crippen MR) is 123 cm³/mol. The van der Waals surface area contributed by atoms with Crippen molar-refractivity contribution in [2.24, 2.45) is 5.92 Å². The second-order valence-electron chi connectivity index (χ2n) is 6.90. The van der Waals surface area contributed by atoms with E-state index >= 15 is 0 Å². The topological polar surface area (TPSA) is 69.7 Å². The minimum Gasteiger partial charge on any atom is -0.465 e. The van der Waals surface area contributed by atoms with Crippen molar-refractivity contribution in [1.82, 2.24) is 0 Å². The van der Waals surface area contributed by atoms with Crippen LogP contribution < -0.4 is 0 Å². The summed E-state index contributed by atoms with van der Waals surface area (Å²) < 4.78 is 10.2. The molecule has 0 bridgehead atoms. The van der Waals surface area contributed by atoms with Gasteiger partial charge in [-0.2, -0.15) is 0 Å². The SMILES string of the molecule is CCOC(=O)C(C(=O)OCC)C(CC(=O)[C]1[CH][CH][CH][CH]1)c1ccc(Cl)cc1.[CH]1[CH][CH][CH][CH]1.[Fe+2]. The van der Waals surface area contributed by atoms with E-state index in [1.807, 2.05) is 32.1 Å². The Hall–Kier alpha value is -1.36. The van der Waals surface area contributed by atoms with Crippen molar-refractivity contribution >= 4 is 29.3 Å². The van der Waals surface area contributed by atoms with Gasteiger partial charge in [-0.05, 0) is 89.3 Å². The smallest absolute Gasteiger partial charge is 0.465 e. The molecule has 1 aromatic carbocycles. The Morgan fingerprint density at radius 1 is 0.788 bits per heavy atom. The molecule has 0 heterocycles. The number of carbonyl (C=O) groups is 3. The van der Waals surface area contributed by atoms with Gasteiger partial charge in [0.15, 0.2) is 5.92 Å². The van der Waals surface area contributed by atoms with Crippen molar-refractivity contribution in [2.75, 3.05) is 13.2 Å². The first-order chi connectivity index (χ1) is 15.5. The van der Waals surface area contributed by atoms with Crippen LogP contribution in [0.2, 0.25) is 5.02 Å². The molecular formula is C26H27ClFeO5+2. The summed E-state index contributed by atoms with van der Waals surface area (Å²) in [6, 6.07) is 6.72. The fourth-order valence-electron chi connectivity index (χ4n) is 3.23. The van der Waals surface area contributed by atoms with Crippen LogP contribution in [0.3, 0.4) is 0 Å². The summed E-state index contributed by atoms with van der Waals surface area (Å²) in [5.41, 5.74) is 0.644. The van der Waals surface area contributed by atoms with Crippen LogP contribution in [0.5, 0.6) is 0 Å². The van der Waals surface area contributed by atoms with E-state index in [0.29, 0.717) is 16.5 Å². The Kier molecular flexibility index (Phi) is 14.7. The van der Waals surface area contributed by atoms with Crippen molar-refractivity contribution in [1.29, 1.82) is 0 Å². The van der Waals surface area contributed by atoms with Crippen LogP contribution in [0.4, 0.5) is 0 Å². The van der Waals surface area contributed by atoms with Crippen LogP contribution >= 0.6 is 11.6 Å². The average molecular weight is 511 g/mol. The number of hydrogen-bond donors (Lipinski definition) is 0. The summed E-state index contributed by atoms with van der Waals surface area (Å²) in [5, 5.41) is 0.517. The van der Waals surface area contributed by atoms with E-state index in [0.717, 1.165) is 0 Å². The number of benzene rings is 1. The van der Waals surface area contributed by atoms with Gasteiger partial charge < -0.3 is 9.47 Å². The fraction of sp³-hybridized carbons (Fsp3) is 0.269. The first-order valence-electron chi connectivity index (χ1n) is 10.5. The van der Waals surface area contributed by atoms with Gasteiger partial charge in [-0.1, -0.05) is 23.7 Å². The van der Waals surface area contributed by atoms with E-state index in [1.165, 1.54) is 0 Å². The molecule has 1 atom stereocenters. The summed E-state index contributed by atoms with van der Waals surface area (Å²) >= 11 is 5.96. The Morgan fingerprint density at radius 3 is 1.67 bits per heavy atom. The molecule has 0 N–H and O–H groups in total. The fourth-order valence-corrected chi connectivity index (χ4v) is 3.35. The molecule has 33 heavy (non-hydrogen) atoms. The number of carbonyl (C=O) groups excluding carboxylic acids is 3. The van der Waals surface area contributed by atoms with Crippen molar-refractivity contribution in [2.45, 2.75) is 26.2 Å². The third-order valence-electron chi connectivity index (χ3n) is 4.73. The van der Waals surface area contributed by atoms with Gasteiger partial charge in [0.1, 0.15) is 5.78 Å². The van der Waals surface area contributed by atoms with Gasteiger partial charge in [0.05, 0.1) is 13.2 Å². The van der Waals surface area contributed by atoms with Crippen molar-refractivity contribution < 1.29 is 40.9 Å². The second-order valence-corrected chi connectivity index (χ2v) is 7.34. The third-order valence-corrected chi connectivity index (χ3v) is 4.98. The molecule has 0 spiro atoms. The van der Waals surface area contributed by atoms with E-state index in [-0.39, 0.29) is 42.5 Å². The monoisotopic (exact) mass is 510 g/mol. The maximum Gasteiger partial charge on any atom is 2.00 e. The Bertz CT molecular complexity index is 701. The molecule has 0 aliphatic heterocycles. The van der Waals surface area contributed by atoms with E-state index < -0.39 is 23.8 Å². The summed E-state index contributed by atoms with van der Waals surface area (Å²) in [7, 11) is 0. The average Bonchev–Trinajstić information content (AvgIpc) is 3.51. The molecule has 1 unspecified atom stereocenters. The van der Waals surface area contributed by atoms with Crippen molar-refractivity contribution in [3.63, 3.8) is 0 Å². The molecule has 1 aromatic rings. The van der Waals surface area contributed by atoms with Gasteiger partial charge >= 0.3 is 29.0 Å². The standard InChI is InChI=1S/C21H22ClO5.C5H5.Fe/c1-3-26-20(24)19(21(25)27-4-2)17(14-9-11-16(22)12-10-14)13-18(23)15-7-5-6-8-15;1-2-4-5-3-1;/h5-12,17,19H,3-4,13H2,1-2H3;1-5H;/q;;+2. The third kappa shape index (κ3) is 9.80. The Morgan fingerprint density at radius 2 is 1.24 bits per heavy atom. The van der Waals surface area contributed by atoms with Gasteiger partial charge in [-0.3, -0.25) is 14.4 Å². The zero-order chi connectivity index (χ0) is 23.3. The van der Waals surface area contributed by atoms with Crippen LogP contribution in [-0.4, -0.2) is 30.9 Å². The molecule has 2 aliphatic carbocycles. The summed E-state index contributed by atoms with van der Waals surface area (Å²) in [4.78, 5) is 37.8. The number of hydrogen-bond acceptors (Lipinski definition) is 5. The summed E-state index contributed by atoms with van der Waals surface area (Å²) in [5.74, 6) is -3.00. The van der Waals surface area contributed by atoms with Crippen LogP contribution in [0, 0.1) is 69.6 Å². The quantitative estimate of drug-likeness (QED) is 0.277. The van der Waals surface area contributed by atoms with Gasteiger partial charge in [-0.25, -0.2) is 0 Å². The van der Waals surface area contributed by atoms with E-state index in [4.69, 9.17) is 21.1 Å². The van der Waals surface area contributed by atoms with Crippen LogP contribution in [0.15, 0.2) is 24.3 Å². The van der Waals surface area contributed by atoms with Crippen LogP contribution in [0.25, 0.3) is 0 Å². The maximum atomic E-state index is 12.7. The zero-order valence-corrected chi connectivity index (χ0v) is 20.4. The number of rotatable bonds is 9. The Labute approximate surface area is 213 Å². The molecule has 0 aromatic heterocycles. The molecule has 0 saturated heterocycles. The molecule has 174 valence electrons. The first-order valence-corrected chi connectivity index (χ1v) is 10.9. The number of halogens is 1. The minimum absolute atomic E-state index is 0. The van der Waals surface area contributed by atoms with Gasteiger partial charge in [0, 0.05) is 23.3 Å². The van der Waals surface area contributed by atoms with E-state index in [1.54, 1.807) is 63.8 Å². The van der Waals surface area contributed by atoms with Crippen LogP contribution in [0.1, 0.15) is 31.7 Å².